The Morgan fingerprint density at radius 1 is 1.10 bits per heavy atom. The molecular weight excluding hydrogens is 390 g/mol. The number of benzene rings is 1. The van der Waals surface area contributed by atoms with Gasteiger partial charge in [-0.2, -0.15) is 0 Å². The molecule has 0 spiro atoms. The van der Waals surface area contributed by atoms with E-state index < -0.39 is 5.97 Å². The minimum atomic E-state index is -0.596. The smallest absolute Gasteiger partial charge is 0.340 e. The van der Waals surface area contributed by atoms with Crippen LogP contribution in [-0.4, -0.2) is 45.2 Å². The van der Waals surface area contributed by atoms with Gasteiger partial charge in [0.15, 0.2) is 11.5 Å². The van der Waals surface area contributed by atoms with Crippen molar-refractivity contribution < 1.29 is 33.0 Å². The molecule has 0 aliphatic carbocycles. The zero-order valence-corrected chi connectivity index (χ0v) is 17.5. The Balaban J connectivity index is 2.10. The number of nitrogens with zero attached hydrogens (tertiary/aromatic N) is 1. The first-order valence-corrected chi connectivity index (χ1v) is 9.10. The lowest BCUT2D eigenvalue weighted by Crippen LogP contribution is -2.24. The van der Waals surface area contributed by atoms with Crippen LogP contribution in [0.2, 0.25) is 0 Å². The average molecular weight is 413 g/mol. The van der Waals surface area contributed by atoms with Gasteiger partial charge in [0.1, 0.15) is 5.76 Å². The van der Waals surface area contributed by atoms with Crippen LogP contribution in [0.4, 0.5) is 0 Å². The molecule has 1 aromatic heterocycles. The first-order chi connectivity index (χ1) is 14.4. The number of amides is 1. The number of methoxy groups -OCH3 is 4. The molecule has 0 fully saturated rings. The van der Waals surface area contributed by atoms with E-state index in [1.807, 2.05) is 0 Å². The van der Waals surface area contributed by atoms with E-state index in [9.17, 15) is 9.59 Å². The molecule has 2 aromatic rings. The average Bonchev–Trinajstić information content (AvgIpc) is 3.35. The van der Waals surface area contributed by atoms with Gasteiger partial charge in [-0.3, -0.25) is 4.79 Å². The van der Waals surface area contributed by atoms with Gasteiger partial charge in [-0.05, 0) is 42.8 Å². The Morgan fingerprint density at radius 3 is 2.27 bits per heavy atom. The summed E-state index contributed by atoms with van der Waals surface area (Å²) in [5.41, 5.74) is 1.49. The Hall–Kier alpha value is -3.68. The van der Waals surface area contributed by atoms with Crippen LogP contribution in [0.3, 0.4) is 0 Å². The second kappa shape index (κ2) is 8.77. The molecule has 3 rings (SSSR count). The summed E-state index contributed by atoms with van der Waals surface area (Å²) in [7, 11) is 5.79. The van der Waals surface area contributed by atoms with E-state index in [-0.39, 0.29) is 23.6 Å². The fourth-order valence-corrected chi connectivity index (χ4v) is 3.33. The Kier molecular flexibility index (Phi) is 6.15. The highest BCUT2D eigenvalue weighted by molar-refractivity contribution is 6.16. The third-order valence-electron chi connectivity index (χ3n) is 4.79. The quantitative estimate of drug-likeness (QED) is 0.509. The summed E-state index contributed by atoms with van der Waals surface area (Å²) in [6, 6.07) is 6.89. The highest BCUT2D eigenvalue weighted by atomic mass is 16.5. The maximum Gasteiger partial charge on any atom is 0.340 e. The van der Waals surface area contributed by atoms with E-state index in [4.69, 9.17) is 23.4 Å². The summed E-state index contributed by atoms with van der Waals surface area (Å²) in [5, 5.41) is 0. The molecule has 0 saturated heterocycles. The van der Waals surface area contributed by atoms with Crippen LogP contribution in [-0.2, 0) is 20.9 Å². The number of carbonyl (C=O) groups is 2. The molecule has 0 radical (unpaired) electrons. The summed E-state index contributed by atoms with van der Waals surface area (Å²) < 4.78 is 26.4. The molecule has 30 heavy (non-hydrogen) atoms. The highest BCUT2D eigenvalue weighted by Gasteiger charge is 2.37. The van der Waals surface area contributed by atoms with Crippen LogP contribution in [0.1, 0.15) is 18.2 Å². The largest absolute Gasteiger partial charge is 0.493 e. The van der Waals surface area contributed by atoms with Crippen molar-refractivity contribution in [3.05, 3.63) is 58.7 Å². The SMILES string of the molecule is COC(=O)C1=C(C)N(Cc2ccco2)C(=O)/C1=C\c1cc(OC)c(OC)c(OC)c1. The van der Waals surface area contributed by atoms with Crippen molar-refractivity contribution in [2.24, 2.45) is 0 Å². The predicted octanol–water partition coefficient (Wildman–Crippen LogP) is 3.18. The first kappa shape index (κ1) is 21.0. The lowest BCUT2D eigenvalue weighted by Gasteiger charge is -2.16. The van der Waals surface area contributed by atoms with E-state index in [1.54, 1.807) is 37.3 Å². The number of hydrogen-bond donors (Lipinski definition) is 0. The number of allylic oxidation sites excluding steroid dienone is 1. The van der Waals surface area contributed by atoms with Gasteiger partial charge >= 0.3 is 5.97 Å². The molecule has 1 amide bonds. The number of ether oxygens (including phenoxy) is 4. The van der Waals surface area contributed by atoms with E-state index in [2.05, 4.69) is 0 Å². The molecule has 2 heterocycles. The maximum absolute atomic E-state index is 13.2. The topological polar surface area (TPSA) is 87.4 Å². The zero-order chi connectivity index (χ0) is 21.8. The van der Waals surface area contributed by atoms with E-state index in [1.165, 1.54) is 39.6 Å². The van der Waals surface area contributed by atoms with Gasteiger partial charge in [-0.1, -0.05) is 0 Å². The lowest BCUT2D eigenvalue weighted by atomic mass is 10.0. The summed E-state index contributed by atoms with van der Waals surface area (Å²) in [5.74, 6) is 0.962. The summed E-state index contributed by atoms with van der Waals surface area (Å²) in [6.07, 6.45) is 3.13. The van der Waals surface area contributed by atoms with Gasteiger partial charge < -0.3 is 28.3 Å². The van der Waals surface area contributed by atoms with Crippen molar-refractivity contribution in [2.75, 3.05) is 28.4 Å². The lowest BCUT2D eigenvalue weighted by molar-refractivity contribution is -0.136. The number of hydrogen-bond acceptors (Lipinski definition) is 7. The Bertz CT molecular complexity index is 993. The van der Waals surface area contributed by atoms with E-state index in [0.29, 0.717) is 34.3 Å². The molecule has 0 unspecified atom stereocenters. The molecule has 8 nitrogen and oxygen atoms in total. The van der Waals surface area contributed by atoms with Gasteiger partial charge in [-0.15, -0.1) is 0 Å². The summed E-state index contributed by atoms with van der Waals surface area (Å²) in [6.45, 7) is 1.90. The minimum Gasteiger partial charge on any atom is -0.493 e. The van der Waals surface area contributed by atoms with Crippen LogP contribution in [0.15, 0.2) is 51.8 Å². The molecule has 1 aliphatic heterocycles. The van der Waals surface area contributed by atoms with Crippen molar-refractivity contribution in [2.45, 2.75) is 13.5 Å². The van der Waals surface area contributed by atoms with Crippen LogP contribution in [0.5, 0.6) is 17.2 Å². The molecule has 0 atom stereocenters. The molecule has 1 aromatic carbocycles. The second-order valence-electron chi connectivity index (χ2n) is 6.44. The fourth-order valence-electron chi connectivity index (χ4n) is 3.33. The van der Waals surface area contributed by atoms with Gasteiger partial charge in [0, 0.05) is 5.70 Å². The van der Waals surface area contributed by atoms with Gasteiger partial charge in [0.25, 0.3) is 5.91 Å². The van der Waals surface area contributed by atoms with E-state index >= 15 is 0 Å². The minimum absolute atomic E-state index is 0.197. The molecule has 0 saturated carbocycles. The normalized spacial score (nSPS) is 15.0. The molecule has 1 aliphatic rings. The Morgan fingerprint density at radius 2 is 1.77 bits per heavy atom. The molecule has 0 N–H and O–H groups in total. The standard InChI is InChI=1S/C22H23NO7/c1-13-19(22(25)29-5)16(21(24)23(13)12-15-7-6-8-30-15)9-14-10-17(26-2)20(28-4)18(11-14)27-3/h6-11H,12H2,1-5H3/b16-9-. The zero-order valence-electron chi connectivity index (χ0n) is 17.5. The fraction of sp³-hybridized carbons (Fsp3) is 0.273. The molecule has 8 heteroatoms. The highest BCUT2D eigenvalue weighted by Crippen LogP contribution is 2.40. The second-order valence-corrected chi connectivity index (χ2v) is 6.44. The van der Waals surface area contributed by atoms with Crippen molar-refractivity contribution >= 4 is 18.0 Å². The summed E-state index contributed by atoms with van der Waals surface area (Å²) in [4.78, 5) is 27.1. The summed E-state index contributed by atoms with van der Waals surface area (Å²) >= 11 is 0. The number of carbonyl (C=O) groups excluding carboxylic acids is 2. The predicted molar refractivity (Wildman–Crippen MR) is 108 cm³/mol. The number of rotatable bonds is 7. The van der Waals surface area contributed by atoms with Gasteiger partial charge in [-0.25, -0.2) is 4.79 Å². The number of furan rings is 1. The van der Waals surface area contributed by atoms with Crippen molar-refractivity contribution in [3.8, 4) is 17.2 Å². The van der Waals surface area contributed by atoms with Crippen LogP contribution >= 0.6 is 0 Å². The van der Waals surface area contributed by atoms with Crippen molar-refractivity contribution in [1.29, 1.82) is 0 Å². The maximum atomic E-state index is 13.2. The third kappa shape index (κ3) is 3.76. The van der Waals surface area contributed by atoms with E-state index in [0.717, 1.165) is 0 Å². The van der Waals surface area contributed by atoms with Gasteiger partial charge in [0.2, 0.25) is 5.75 Å². The molecule has 0 bridgehead atoms. The van der Waals surface area contributed by atoms with Crippen LogP contribution in [0.25, 0.3) is 6.08 Å². The van der Waals surface area contributed by atoms with Crippen molar-refractivity contribution in [1.82, 2.24) is 4.90 Å². The molecule has 158 valence electrons. The van der Waals surface area contributed by atoms with Gasteiger partial charge in [0.05, 0.1) is 52.4 Å². The van der Waals surface area contributed by atoms with Crippen LogP contribution < -0.4 is 14.2 Å². The molecular formula is C22H23NO7. The van der Waals surface area contributed by atoms with Crippen molar-refractivity contribution in [3.63, 3.8) is 0 Å². The Labute approximate surface area is 174 Å². The third-order valence-corrected chi connectivity index (χ3v) is 4.79. The first-order valence-electron chi connectivity index (χ1n) is 9.10. The van der Waals surface area contributed by atoms with Crippen LogP contribution in [0, 0.1) is 0 Å². The number of esters is 1. The monoisotopic (exact) mass is 413 g/mol.